The Hall–Kier alpha value is -1.69. The van der Waals surface area contributed by atoms with Gasteiger partial charge in [-0.2, -0.15) is 5.10 Å². The monoisotopic (exact) mass is 311 g/mol. The number of nitrogens with one attached hydrogen (secondary N) is 2. The van der Waals surface area contributed by atoms with Crippen molar-refractivity contribution in [3.8, 4) is 0 Å². The molecule has 0 saturated heterocycles. The molecule has 0 fully saturated rings. The number of carbonyl (C=O) groups excluding carboxylic acids is 1. The lowest BCUT2D eigenvalue weighted by molar-refractivity contribution is 0.0946. The maximum atomic E-state index is 13.7. The lowest BCUT2D eigenvalue weighted by Gasteiger charge is -2.06. The second-order valence-electron chi connectivity index (χ2n) is 3.80. The first-order valence-electron chi connectivity index (χ1n) is 5.30. The first kappa shape index (κ1) is 12.8. The topological polar surface area (TPSA) is 57.8 Å². The van der Waals surface area contributed by atoms with Gasteiger partial charge in [-0.3, -0.25) is 9.89 Å². The lowest BCUT2D eigenvalue weighted by Crippen LogP contribution is -2.24. The van der Waals surface area contributed by atoms with Crippen LogP contribution in [0.4, 0.5) is 4.39 Å². The van der Waals surface area contributed by atoms with Crippen molar-refractivity contribution in [2.45, 2.75) is 13.5 Å². The molecule has 1 aromatic heterocycles. The van der Waals surface area contributed by atoms with Gasteiger partial charge in [0.05, 0.1) is 16.2 Å². The number of amides is 1. The summed E-state index contributed by atoms with van der Waals surface area (Å²) in [5.74, 6) is -1.01. The summed E-state index contributed by atoms with van der Waals surface area (Å²) in [6, 6.07) is 4.61. The van der Waals surface area contributed by atoms with Crippen LogP contribution in [0.15, 0.2) is 28.9 Å². The van der Waals surface area contributed by atoms with Crippen LogP contribution in [0.25, 0.3) is 0 Å². The predicted molar refractivity (Wildman–Crippen MR) is 68.6 cm³/mol. The Labute approximate surface area is 112 Å². The average molecular weight is 312 g/mol. The molecule has 2 aromatic rings. The van der Waals surface area contributed by atoms with Crippen LogP contribution >= 0.6 is 15.9 Å². The lowest BCUT2D eigenvalue weighted by atomic mass is 10.2. The van der Waals surface area contributed by atoms with Crippen molar-refractivity contribution in [1.29, 1.82) is 0 Å². The van der Waals surface area contributed by atoms with Gasteiger partial charge in [0, 0.05) is 17.8 Å². The van der Waals surface area contributed by atoms with Gasteiger partial charge < -0.3 is 5.32 Å². The number of hydrogen-bond acceptors (Lipinski definition) is 2. The number of carbonyl (C=O) groups is 1. The molecule has 18 heavy (non-hydrogen) atoms. The van der Waals surface area contributed by atoms with Crippen molar-refractivity contribution in [2.75, 3.05) is 0 Å². The van der Waals surface area contributed by atoms with Crippen molar-refractivity contribution in [2.24, 2.45) is 0 Å². The molecule has 2 N–H and O–H groups in total. The SMILES string of the molecule is Cc1[nH]ncc1CNC(=O)c1cccc(Br)c1F. The first-order chi connectivity index (χ1) is 8.59. The fourth-order valence-electron chi connectivity index (χ4n) is 1.50. The van der Waals surface area contributed by atoms with Crippen LogP contribution in [0, 0.1) is 12.7 Å². The number of rotatable bonds is 3. The standard InChI is InChI=1S/C12H11BrFN3O/c1-7-8(6-16-17-7)5-15-12(18)9-3-2-4-10(13)11(9)14/h2-4,6H,5H2,1H3,(H,15,18)(H,16,17). The van der Waals surface area contributed by atoms with Crippen LogP contribution in [-0.2, 0) is 6.54 Å². The van der Waals surface area contributed by atoms with E-state index in [-0.39, 0.29) is 10.0 Å². The van der Waals surface area contributed by atoms with E-state index in [1.807, 2.05) is 6.92 Å². The second-order valence-corrected chi connectivity index (χ2v) is 4.66. The van der Waals surface area contributed by atoms with E-state index in [4.69, 9.17) is 0 Å². The summed E-state index contributed by atoms with van der Waals surface area (Å²) in [5, 5.41) is 9.27. The molecule has 0 unspecified atom stereocenters. The average Bonchev–Trinajstić information content (AvgIpc) is 2.75. The van der Waals surface area contributed by atoms with Gasteiger partial charge in [-0.15, -0.1) is 0 Å². The van der Waals surface area contributed by atoms with Gasteiger partial charge in [0.15, 0.2) is 0 Å². The number of aromatic amines is 1. The van der Waals surface area contributed by atoms with Gasteiger partial charge in [0.2, 0.25) is 0 Å². The molecule has 0 atom stereocenters. The summed E-state index contributed by atoms with van der Waals surface area (Å²) in [6.45, 7) is 2.17. The number of halogens is 2. The molecule has 94 valence electrons. The van der Waals surface area contributed by atoms with Crippen LogP contribution in [0.3, 0.4) is 0 Å². The van der Waals surface area contributed by atoms with E-state index in [1.54, 1.807) is 18.3 Å². The molecule has 0 aliphatic carbocycles. The molecule has 1 aromatic carbocycles. The normalized spacial score (nSPS) is 10.4. The molecular formula is C12H11BrFN3O. The van der Waals surface area contributed by atoms with E-state index < -0.39 is 11.7 Å². The van der Waals surface area contributed by atoms with Crippen LogP contribution in [0.1, 0.15) is 21.6 Å². The minimum absolute atomic E-state index is 0.0190. The van der Waals surface area contributed by atoms with Gasteiger partial charge in [-0.1, -0.05) is 6.07 Å². The zero-order valence-electron chi connectivity index (χ0n) is 9.63. The highest BCUT2D eigenvalue weighted by atomic mass is 79.9. The molecule has 0 aliphatic rings. The van der Waals surface area contributed by atoms with E-state index in [2.05, 4.69) is 31.4 Å². The maximum absolute atomic E-state index is 13.7. The van der Waals surface area contributed by atoms with Gasteiger partial charge >= 0.3 is 0 Å². The molecule has 4 nitrogen and oxygen atoms in total. The number of hydrogen-bond donors (Lipinski definition) is 2. The molecule has 0 bridgehead atoms. The summed E-state index contributed by atoms with van der Waals surface area (Å²) >= 11 is 3.05. The van der Waals surface area contributed by atoms with E-state index in [1.165, 1.54) is 6.07 Å². The smallest absolute Gasteiger partial charge is 0.254 e. The Morgan fingerprint density at radius 1 is 1.56 bits per heavy atom. The second kappa shape index (κ2) is 5.30. The minimum Gasteiger partial charge on any atom is -0.348 e. The highest BCUT2D eigenvalue weighted by molar-refractivity contribution is 9.10. The fraction of sp³-hybridized carbons (Fsp3) is 0.167. The molecule has 2 rings (SSSR count). The van der Waals surface area contributed by atoms with Crippen molar-refractivity contribution >= 4 is 21.8 Å². The highest BCUT2D eigenvalue weighted by Crippen LogP contribution is 2.18. The van der Waals surface area contributed by atoms with Crippen LogP contribution in [0.5, 0.6) is 0 Å². The van der Waals surface area contributed by atoms with Gasteiger partial charge in [0.1, 0.15) is 5.82 Å². The summed E-state index contributed by atoms with van der Waals surface area (Å²) in [4.78, 5) is 11.8. The van der Waals surface area contributed by atoms with E-state index in [0.717, 1.165) is 11.3 Å². The van der Waals surface area contributed by atoms with Crippen molar-refractivity contribution in [3.63, 3.8) is 0 Å². The Morgan fingerprint density at radius 2 is 2.33 bits per heavy atom. The molecule has 0 aliphatic heterocycles. The van der Waals surface area contributed by atoms with Gasteiger partial charge in [-0.05, 0) is 35.0 Å². The third kappa shape index (κ3) is 2.59. The molecule has 0 spiro atoms. The first-order valence-corrected chi connectivity index (χ1v) is 6.10. The molecule has 1 amide bonds. The Bertz CT molecular complexity index is 582. The van der Waals surface area contributed by atoms with Crippen LogP contribution < -0.4 is 5.32 Å². The Kier molecular flexibility index (Phi) is 3.76. The third-order valence-electron chi connectivity index (χ3n) is 2.57. The maximum Gasteiger partial charge on any atom is 0.254 e. The van der Waals surface area contributed by atoms with Gasteiger partial charge in [-0.25, -0.2) is 4.39 Å². The zero-order chi connectivity index (χ0) is 13.1. The van der Waals surface area contributed by atoms with Gasteiger partial charge in [0.25, 0.3) is 5.91 Å². The summed E-state index contributed by atoms with van der Waals surface area (Å²) in [5.41, 5.74) is 1.77. The summed E-state index contributed by atoms with van der Waals surface area (Å²) in [7, 11) is 0. The Balaban J connectivity index is 2.09. The fourth-order valence-corrected chi connectivity index (χ4v) is 1.87. The quantitative estimate of drug-likeness (QED) is 0.915. The number of aryl methyl sites for hydroxylation is 1. The molecule has 0 saturated carbocycles. The summed E-state index contributed by atoms with van der Waals surface area (Å²) < 4.78 is 13.9. The molecular weight excluding hydrogens is 301 g/mol. The van der Waals surface area contributed by atoms with E-state index >= 15 is 0 Å². The van der Waals surface area contributed by atoms with Crippen molar-refractivity contribution in [1.82, 2.24) is 15.5 Å². The predicted octanol–water partition coefficient (Wildman–Crippen LogP) is 2.55. The minimum atomic E-state index is -0.557. The number of H-pyrrole nitrogens is 1. The number of aromatic nitrogens is 2. The van der Waals surface area contributed by atoms with Crippen LogP contribution in [-0.4, -0.2) is 16.1 Å². The highest BCUT2D eigenvalue weighted by Gasteiger charge is 2.13. The summed E-state index contributed by atoms with van der Waals surface area (Å²) in [6.07, 6.45) is 1.63. The van der Waals surface area contributed by atoms with Crippen LogP contribution in [0.2, 0.25) is 0 Å². The number of nitrogens with zero attached hydrogens (tertiary/aromatic N) is 1. The van der Waals surface area contributed by atoms with Crippen molar-refractivity contribution < 1.29 is 9.18 Å². The third-order valence-corrected chi connectivity index (χ3v) is 3.18. The number of benzene rings is 1. The zero-order valence-corrected chi connectivity index (χ0v) is 11.2. The molecule has 6 heteroatoms. The Morgan fingerprint density at radius 3 is 3.00 bits per heavy atom. The molecule has 1 heterocycles. The largest absolute Gasteiger partial charge is 0.348 e. The van der Waals surface area contributed by atoms with Crippen molar-refractivity contribution in [3.05, 3.63) is 51.5 Å². The van der Waals surface area contributed by atoms with E-state index in [0.29, 0.717) is 6.54 Å². The van der Waals surface area contributed by atoms with E-state index in [9.17, 15) is 9.18 Å². The molecule has 0 radical (unpaired) electrons.